The molecule has 0 fully saturated rings. The van der Waals surface area contributed by atoms with Gasteiger partial charge < -0.3 is 15.7 Å². The first kappa shape index (κ1) is 13.9. The lowest BCUT2D eigenvalue weighted by atomic mass is 10.1. The average molecular weight is 216 g/mol. The number of carbonyl (C=O) groups is 2. The number of amides is 1. The predicted molar refractivity (Wildman–Crippen MR) is 57.6 cm³/mol. The number of carbonyl (C=O) groups excluding carboxylic acids is 1. The Kier molecular flexibility index (Phi) is 6.70. The number of rotatable bonds is 7. The molecule has 0 aromatic rings. The number of hydrogen-bond acceptors (Lipinski definition) is 3. The lowest BCUT2D eigenvalue weighted by molar-refractivity contribution is -0.142. The van der Waals surface area contributed by atoms with Gasteiger partial charge in [-0.2, -0.15) is 0 Å². The van der Waals surface area contributed by atoms with Gasteiger partial charge in [0.05, 0.1) is 0 Å². The third-order valence-electron chi connectivity index (χ3n) is 2.17. The maximum atomic E-state index is 11.5. The van der Waals surface area contributed by atoms with Crippen LogP contribution in [0.4, 0.5) is 0 Å². The van der Waals surface area contributed by atoms with E-state index in [4.69, 9.17) is 5.11 Å². The van der Waals surface area contributed by atoms with E-state index in [9.17, 15) is 9.59 Å². The Labute approximate surface area is 90.2 Å². The van der Waals surface area contributed by atoms with Crippen LogP contribution in [-0.2, 0) is 9.59 Å². The summed E-state index contributed by atoms with van der Waals surface area (Å²) in [4.78, 5) is 22.2. The van der Waals surface area contributed by atoms with Crippen LogP contribution in [0.5, 0.6) is 0 Å². The van der Waals surface area contributed by atoms with Crippen molar-refractivity contribution in [1.82, 2.24) is 10.6 Å². The highest BCUT2D eigenvalue weighted by Crippen LogP contribution is 1.97. The molecular formula is C10H20N2O3. The van der Waals surface area contributed by atoms with E-state index >= 15 is 0 Å². The predicted octanol–water partition coefficient (Wildman–Crippen LogP) is 0.211. The molecule has 5 nitrogen and oxygen atoms in total. The van der Waals surface area contributed by atoms with E-state index in [0.29, 0.717) is 13.0 Å². The largest absolute Gasteiger partial charge is 0.480 e. The van der Waals surface area contributed by atoms with E-state index in [2.05, 4.69) is 10.6 Å². The Morgan fingerprint density at radius 3 is 2.33 bits per heavy atom. The van der Waals surface area contributed by atoms with Gasteiger partial charge in [0.25, 0.3) is 0 Å². The van der Waals surface area contributed by atoms with Crippen molar-refractivity contribution in [2.45, 2.75) is 33.2 Å². The van der Waals surface area contributed by atoms with Gasteiger partial charge in [0, 0.05) is 12.5 Å². The molecule has 0 saturated heterocycles. The molecule has 0 radical (unpaired) electrons. The standard InChI is InChI=1S/C10H20N2O3/c1-4-8(10(14)15)12-9(13)7(3)6-11-5-2/h7-8,11H,4-6H2,1-3H3,(H,12,13)(H,14,15)/t7?,8-/m0/s1. The minimum atomic E-state index is -0.985. The molecule has 0 aromatic carbocycles. The zero-order valence-electron chi connectivity index (χ0n) is 9.54. The van der Waals surface area contributed by atoms with Crippen LogP contribution in [-0.4, -0.2) is 36.1 Å². The summed E-state index contributed by atoms with van der Waals surface area (Å²) in [6.07, 6.45) is 0.398. The quantitative estimate of drug-likeness (QED) is 0.568. The van der Waals surface area contributed by atoms with Gasteiger partial charge in [-0.25, -0.2) is 4.79 Å². The lowest BCUT2D eigenvalue weighted by Crippen LogP contribution is -2.44. The summed E-state index contributed by atoms with van der Waals surface area (Å²) in [6.45, 7) is 6.82. The lowest BCUT2D eigenvalue weighted by Gasteiger charge is -2.16. The summed E-state index contributed by atoms with van der Waals surface area (Å²) in [7, 11) is 0. The van der Waals surface area contributed by atoms with Crippen LogP contribution in [0.25, 0.3) is 0 Å². The Bertz CT molecular complexity index is 219. The summed E-state index contributed by atoms with van der Waals surface area (Å²) in [5.74, 6) is -1.41. The van der Waals surface area contributed by atoms with Crippen molar-refractivity contribution in [2.75, 3.05) is 13.1 Å². The van der Waals surface area contributed by atoms with Gasteiger partial charge >= 0.3 is 5.97 Å². The van der Waals surface area contributed by atoms with Gasteiger partial charge in [-0.3, -0.25) is 4.79 Å². The minimum absolute atomic E-state index is 0.210. The van der Waals surface area contributed by atoms with E-state index in [1.165, 1.54) is 0 Å². The van der Waals surface area contributed by atoms with Gasteiger partial charge in [-0.15, -0.1) is 0 Å². The normalized spacial score (nSPS) is 14.3. The summed E-state index contributed by atoms with van der Waals surface area (Å²) >= 11 is 0. The van der Waals surface area contributed by atoms with Crippen molar-refractivity contribution in [2.24, 2.45) is 5.92 Å². The SMILES string of the molecule is CCNCC(C)C(=O)N[C@@H](CC)C(=O)O. The molecule has 0 aliphatic heterocycles. The Morgan fingerprint density at radius 2 is 1.93 bits per heavy atom. The minimum Gasteiger partial charge on any atom is -0.480 e. The van der Waals surface area contributed by atoms with E-state index in [1.54, 1.807) is 13.8 Å². The fourth-order valence-corrected chi connectivity index (χ4v) is 1.11. The molecule has 5 heteroatoms. The fraction of sp³-hybridized carbons (Fsp3) is 0.800. The van der Waals surface area contributed by atoms with Gasteiger partial charge in [-0.05, 0) is 13.0 Å². The Morgan fingerprint density at radius 1 is 1.33 bits per heavy atom. The van der Waals surface area contributed by atoms with Crippen molar-refractivity contribution in [3.63, 3.8) is 0 Å². The zero-order chi connectivity index (χ0) is 11.8. The first-order valence-corrected chi connectivity index (χ1v) is 5.26. The highest BCUT2D eigenvalue weighted by atomic mass is 16.4. The maximum absolute atomic E-state index is 11.5. The Hall–Kier alpha value is -1.10. The second-order valence-electron chi connectivity index (χ2n) is 3.52. The topological polar surface area (TPSA) is 78.4 Å². The summed E-state index contributed by atoms with van der Waals surface area (Å²) in [5.41, 5.74) is 0. The molecule has 3 N–H and O–H groups in total. The molecule has 0 saturated carbocycles. The zero-order valence-corrected chi connectivity index (χ0v) is 9.54. The van der Waals surface area contributed by atoms with Crippen molar-refractivity contribution < 1.29 is 14.7 Å². The van der Waals surface area contributed by atoms with Gasteiger partial charge in [0.1, 0.15) is 6.04 Å². The summed E-state index contributed by atoms with van der Waals surface area (Å²) in [5, 5.41) is 14.3. The van der Waals surface area contributed by atoms with Crippen LogP contribution in [0.1, 0.15) is 27.2 Å². The number of carboxylic acids is 1. The summed E-state index contributed by atoms with van der Waals surface area (Å²) < 4.78 is 0. The molecular weight excluding hydrogens is 196 g/mol. The van der Waals surface area contributed by atoms with Crippen molar-refractivity contribution in [3.8, 4) is 0 Å². The molecule has 88 valence electrons. The Balaban J connectivity index is 4.04. The van der Waals surface area contributed by atoms with Crippen molar-refractivity contribution >= 4 is 11.9 Å². The number of hydrogen-bond donors (Lipinski definition) is 3. The van der Waals surface area contributed by atoms with E-state index in [1.807, 2.05) is 6.92 Å². The molecule has 0 aliphatic rings. The number of carboxylic acid groups (broad SMARTS) is 1. The molecule has 15 heavy (non-hydrogen) atoms. The third kappa shape index (κ3) is 5.37. The van der Waals surface area contributed by atoms with Crippen LogP contribution in [0.3, 0.4) is 0 Å². The number of aliphatic carboxylic acids is 1. The van der Waals surface area contributed by atoms with Crippen molar-refractivity contribution in [1.29, 1.82) is 0 Å². The summed E-state index contributed by atoms with van der Waals surface area (Å²) in [6, 6.07) is -0.776. The molecule has 2 atom stereocenters. The fourth-order valence-electron chi connectivity index (χ4n) is 1.11. The van der Waals surface area contributed by atoms with E-state index in [0.717, 1.165) is 6.54 Å². The molecule has 0 heterocycles. The molecule has 0 bridgehead atoms. The van der Waals surface area contributed by atoms with Gasteiger partial charge in [0.2, 0.25) is 5.91 Å². The highest BCUT2D eigenvalue weighted by molar-refractivity contribution is 5.84. The van der Waals surface area contributed by atoms with Gasteiger partial charge in [-0.1, -0.05) is 20.8 Å². The first-order valence-electron chi connectivity index (χ1n) is 5.26. The van der Waals surface area contributed by atoms with Gasteiger partial charge in [0.15, 0.2) is 0 Å². The molecule has 1 amide bonds. The van der Waals surface area contributed by atoms with Crippen LogP contribution in [0, 0.1) is 5.92 Å². The van der Waals surface area contributed by atoms with Crippen molar-refractivity contribution in [3.05, 3.63) is 0 Å². The second kappa shape index (κ2) is 7.23. The third-order valence-corrected chi connectivity index (χ3v) is 2.17. The molecule has 0 rings (SSSR count). The molecule has 0 spiro atoms. The average Bonchev–Trinajstić information content (AvgIpc) is 2.21. The highest BCUT2D eigenvalue weighted by Gasteiger charge is 2.20. The van der Waals surface area contributed by atoms with E-state index in [-0.39, 0.29) is 11.8 Å². The van der Waals surface area contributed by atoms with Crippen LogP contribution < -0.4 is 10.6 Å². The molecule has 0 aromatic heterocycles. The van der Waals surface area contributed by atoms with Crippen LogP contribution in [0.2, 0.25) is 0 Å². The van der Waals surface area contributed by atoms with Crippen LogP contribution >= 0.6 is 0 Å². The second-order valence-corrected chi connectivity index (χ2v) is 3.52. The van der Waals surface area contributed by atoms with E-state index < -0.39 is 12.0 Å². The monoisotopic (exact) mass is 216 g/mol. The maximum Gasteiger partial charge on any atom is 0.326 e. The smallest absolute Gasteiger partial charge is 0.326 e. The number of nitrogens with one attached hydrogen (secondary N) is 2. The molecule has 1 unspecified atom stereocenters. The van der Waals surface area contributed by atoms with Crippen LogP contribution in [0.15, 0.2) is 0 Å². The molecule has 0 aliphatic carbocycles. The first-order chi connectivity index (χ1) is 7.02.